The molecule has 1 aromatic rings. The van der Waals surface area contributed by atoms with Crippen LogP contribution in [0.5, 0.6) is 0 Å². The summed E-state index contributed by atoms with van der Waals surface area (Å²) in [4.78, 5) is 13.9. The molecule has 1 amide bonds. The molecule has 2 heterocycles. The molecular weight excluding hydrogens is 298 g/mol. The number of rotatable bonds is 6. The summed E-state index contributed by atoms with van der Waals surface area (Å²) in [7, 11) is -1.51. The van der Waals surface area contributed by atoms with Crippen molar-refractivity contribution in [3.8, 4) is 0 Å². The van der Waals surface area contributed by atoms with Gasteiger partial charge in [0.05, 0.1) is 6.54 Å². The van der Waals surface area contributed by atoms with Crippen LogP contribution in [0.15, 0.2) is 21.7 Å². The summed E-state index contributed by atoms with van der Waals surface area (Å²) in [6, 6.07) is 3.18. The Hall–Kier alpha value is -0.960. The number of nitrogens with zero attached hydrogens (tertiary/aromatic N) is 1. The zero-order valence-corrected chi connectivity index (χ0v) is 13.0. The number of likely N-dealkylation sites (tertiary alicyclic amines) is 1. The highest BCUT2D eigenvalue weighted by atomic mass is 32.2. The van der Waals surface area contributed by atoms with Crippen molar-refractivity contribution in [3.05, 3.63) is 17.5 Å². The summed E-state index contributed by atoms with van der Waals surface area (Å²) >= 11 is 1.13. The molecule has 1 saturated heterocycles. The van der Waals surface area contributed by atoms with Crippen molar-refractivity contribution in [2.45, 2.75) is 10.6 Å². The monoisotopic (exact) mass is 317 g/mol. The minimum Gasteiger partial charge on any atom is -0.355 e. The fourth-order valence-electron chi connectivity index (χ4n) is 2.16. The smallest absolute Gasteiger partial charge is 0.250 e. The number of carbonyl (C=O) groups excluding carboxylic acids is 1. The fourth-order valence-corrected chi connectivity index (χ4v) is 4.18. The van der Waals surface area contributed by atoms with Gasteiger partial charge in [-0.25, -0.2) is 13.1 Å². The van der Waals surface area contributed by atoms with Crippen LogP contribution in [0.1, 0.15) is 6.42 Å². The van der Waals surface area contributed by atoms with E-state index in [-0.39, 0.29) is 16.7 Å². The zero-order chi connectivity index (χ0) is 14.6. The molecule has 0 unspecified atom stereocenters. The highest BCUT2D eigenvalue weighted by Crippen LogP contribution is 2.15. The number of sulfonamides is 1. The molecule has 0 aliphatic carbocycles. The van der Waals surface area contributed by atoms with Gasteiger partial charge in [-0.2, -0.15) is 0 Å². The molecule has 0 saturated carbocycles. The molecular formula is C12H19N3O3S2. The minimum atomic E-state index is -3.56. The predicted molar refractivity (Wildman–Crippen MR) is 78.1 cm³/mol. The van der Waals surface area contributed by atoms with Crippen molar-refractivity contribution in [1.29, 1.82) is 0 Å². The van der Waals surface area contributed by atoms with Crippen LogP contribution < -0.4 is 10.0 Å². The van der Waals surface area contributed by atoms with Crippen molar-refractivity contribution in [2.75, 3.05) is 33.2 Å². The Labute approximate surface area is 123 Å². The lowest BCUT2D eigenvalue weighted by molar-refractivity contribution is -0.120. The highest BCUT2D eigenvalue weighted by Gasteiger charge is 2.20. The van der Waals surface area contributed by atoms with Gasteiger partial charge in [-0.05, 0) is 37.4 Å². The van der Waals surface area contributed by atoms with Crippen LogP contribution in [-0.4, -0.2) is 52.5 Å². The van der Waals surface area contributed by atoms with E-state index >= 15 is 0 Å². The molecule has 0 spiro atoms. The predicted octanol–water partition coefficient (Wildman–Crippen LogP) is 0.0943. The third-order valence-electron chi connectivity index (χ3n) is 3.26. The second kappa shape index (κ2) is 6.66. The minimum absolute atomic E-state index is 0.219. The standard InChI is InChI=1S/C12H19N3O3S2/c1-15-5-4-10(9-15)7-13-11(16)8-14-20(17,18)12-3-2-6-19-12/h2-3,6,10,14H,4-5,7-9H2,1H3,(H,13,16)/t10-/m0/s1. The van der Waals surface area contributed by atoms with Gasteiger partial charge in [0, 0.05) is 13.1 Å². The van der Waals surface area contributed by atoms with Gasteiger partial charge in [0.1, 0.15) is 4.21 Å². The lowest BCUT2D eigenvalue weighted by Gasteiger charge is -2.12. The Balaban J connectivity index is 1.73. The lowest BCUT2D eigenvalue weighted by atomic mass is 10.1. The second-order valence-electron chi connectivity index (χ2n) is 4.98. The van der Waals surface area contributed by atoms with Gasteiger partial charge in [0.15, 0.2) is 0 Å². The first-order chi connectivity index (χ1) is 9.47. The van der Waals surface area contributed by atoms with E-state index in [2.05, 4.69) is 22.0 Å². The van der Waals surface area contributed by atoms with Gasteiger partial charge >= 0.3 is 0 Å². The molecule has 1 aromatic heterocycles. The summed E-state index contributed by atoms with van der Waals surface area (Å²) in [5.41, 5.74) is 0. The van der Waals surface area contributed by atoms with Gasteiger partial charge in [-0.3, -0.25) is 4.79 Å². The van der Waals surface area contributed by atoms with Crippen LogP contribution in [0.2, 0.25) is 0 Å². The summed E-state index contributed by atoms with van der Waals surface area (Å²) in [6.07, 6.45) is 1.07. The van der Waals surface area contributed by atoms with Crippen molar-refractivity contribution < 1.29 is 13.2 Å². The molecule has 1 atom stereocenters. The largest absolute Gasteiger partial charge is 0.355 e. The highest BCUT2D eigenvalue weighted by molar-refractivity contribution is 7.91. The van der Waals surface area contributed by atoms with E-state index < -0.39 is 10.0 Å². The third-order valence-corrected chi connectivity index (χ3v) is 6.06. The van der Waals surface area contributed by atoms with Crippen LogP contribution in [-0.2, 0) is 14.8 Å². The number of nitrogens with one attached hydrogen (secondary N) is 2. The number of carbonyl (C=O) groups is 1. The molecule has 20 heavy (non-hydrogen) atoms. The molecule has 2 N–H and O–H groups in total. The van der Waals surface area contributed by atoms with E-state index in [1.165, 1.54) is 6.07 Å². The molecule has 2 rings (SSSR count). The first-order valence-electron chi connectivity index (χ1n) is 6.46. The Bertz CT molecular complexity index is 542. The van der Waals surface area contributed by atoms with Crippen LogP contribution in [0.4, 0.5) is 0 Å². The molecule has 0 radical (unpaired) electrons. The van der Waals surface area contributed by atoms with Crippen molar-refractivity contribution in [1.82, 2.24) is 14.9 Å². The molecule has 0 bridgehead atoms. The molecule has 1 aliphatic heterocycles. The van der Waals surface area contributed by atoms with E-state index in [4.69, 9.17) is 0 Å². The van der Waals surface area contributed by atoms with Gasteiger partial charge in [0.2, 0.25) is 5.91 Å². The summed E-state index contributed by atoms with van der Waals surface area (Å²) in [6.45, 7) is 2.40. The van der Waals surface area contributed by atoms with Crippen molar-refractivity contribution in [2.24, 2.45) is 5.92 Å². The maximum absolute atomic E-state index is 11.8. The molecule has 112 valence electrons. The summed E-state index contributed by atoms with van der Waals surface area (Å²) < 4.78 is 26.2. The Morgan fingerprint density at radius 2 is 2.35 bits per heavy atom. The normalized spacial score (nSPS) is 20.1. The Morgan fingerprint density at radius 3 is 2.95 bits per heavy atom. The van der Waals surface area contributed by atoms with E-state index in [0.29, 0.717) is 12.5 Å². The molecule has 0 aromatic carbocycles. The number of hydrogen-bond donors (Lipinski definition) is 2. The third kappa shape index (κ3) is 4.27. The average molecular weight is 317 g/mol. The second-order valence-corrected chi connectivity index (χ2v) is 7.92. The molecule has 1 fully saturated rings. The van der Waals surface area contributed by atoms with Gasteiger partial charge in [0.25, 0.3) is 10.0 Å². The van der Waals surface area contributed by atoms with Gasteiger partial charge in [-0.15, -0.1) is 11.3 Å². The van der Waals surface area contributed by atoms with Gasteiger partial charge < -0.3 is 10.2 Å². The van der Waals surface area contributed by atoms with Crippen LogP contribution in [0.3, 0.4) is 0 Å². The molecule has 6 nitrogen and oxygen atoms in total. The van der Waals surface area contributed by atoms with E-state index in [0.717, 1.165) is 30.8 Å². The fraction of sp³-hybridized carbons (Fsp3) is 0.583. The SMILES string of the molecule is CN1CC[C@@H](CNC(=O)CNS(=O)(=O)c2cccs2)C1. The summed E-state index contributed by atoms with van der Waals surface area (Å²) in [5.74, 6) is 0.164. The average Bonchev–Trinajstić information content (AvgIpc) is 3.05. The van der Waals surface area contributed by atoms with Crippen molar-refractivity contribution >= 4 is 27.3 Å². The van der Waals surface area contributed by atoms with Gasteiger partial charge in [-0.1, -0.05) is 6.07 Å². The maximum Gasteiger partial charge on any atom is 0.250 e. The quantitative estimate of drug-likeness (QED) is 0.780. The summed E-state index contributed by atoms with van der Waals surface area (Å²) in [5, 5.41) is 4.46. The number of hydrogen-bond acceptors (Lipinski definition) is 5. The van der Waals surface area contributed by atoms with Crippen LogP contribution >= 0.6 is 11.3 Å². The number of amides is 1. The van der Waals surface area contributed by atoms with E-state index in [1.54, 1.807) is 11.4 Å². The molecule has 8 heteroatoms. The first-order valence-corrected chi connectivity index (χ1v) is 8.82. The van der Waals surface area contributed by atoms with E-state index in [9.17, 15) is 13.2 Å². The maximum atomic E-state index is 11.8. The molecule has 1 aliphatic rings. The van der Waals surface area contributed by atoms with Crippen LogP contribution in [0, 0.1) is 5.92 Å². The topological polar surface area (TPSA) is 78.5 Å². The first kappa shape index (κ1) is 15.4. The Morgan fingerprint density at radius 1 is 1.55 bits per heavy atom. The van der Waals surface area contributed by atoms with E-state index in [1.807, 2.05) is 0 Å². The Kier molecular flexibility index (Phi) is 5.14. The lowest BCUT2D eigenvalue weighted by Crippen LogP contribution is -2.39. The number of thiophene rings is 1. The zero-order valence-electron chi connectivity index (χ0n) is 11.3. The van der Waals surface area contributed by atoms with Crippen LogP contribution in [0.25, 0.3) is 0 Å². The van der Waals surface area contributed by atoms with Crippen molar-refractivity contribution in [3.63, 3.8) is 0 Å².